The molecule has 1 unspecified atom stereocenters. The number of aromatic nitrogens is 2. The highest BCUT2D eigenvalue weighted by Gasteiger charge is 2.12. The van der Waals surface area contributed by atoms with Crippen LogP contribution in [0.5, 0.6) is 17.5 Å². The van der Waals surface area contributed by atoms with Crippen molar-refractivity contribution in [2.45, 2.75) is 18.6 Å². The zero-order valence-electron chi connectivity index (χ0n) is 16.0. The van der Waals surface area contributed by atoms with Gasteiger partial charge in [-0.25, -0.2) is 9.97 Å². The SMILES string of the molecule is OC[C@H](Cc1ccc(Oc2ncccn2)cc1)NCC(O)COc1ccccc1. The van der Waals surface area contributed by atoms with Crippen LogP contribution in [0.15, 0.2) is 73.1 Å². The topological polar surface area (TPSA) is 96.7 Å². The van der Waals surface area contributed by atoms with Crippen LogP contribution in [0.3, 0.4) is 0 Å². The molecule has 7 heteroatoms. The molecule has 0 aliphatic heterocycles. The summed E-state index contributed by atoms with van der Waals surface area (Å²) in [5.74, 6) is 1.36. The van der Waals surface area contributed by atoms with E-state index in [1.54, 1.807) is 18.5 Å². The molecule has 0 bridgehead atoms. The maximum atomic E-state index is 10.1. The van der Waals surface area contributed by atoms with Gasteiger partial charge in [0.1, 0.15) is 24.2 Å². The minimum absolute atomic E-state index is 0.0393. The van der Waals surface area contributed by atoms with Gasteiger partial charge in [-0.15, -0.1) is 0 Å². The van der Waals surface area contributed by atoms with Crippen molar-refractivity contribution in [3.8, 4) is 17.5 Å². The van der Waals surface area contributed by atoms with Crippen molar-refractivity contribution in [2.75, 3.05) is 19.8 Å². The van der Waals surface area contributed by atoms with Crippen LogP contribution in [0.4, 0.5) is 0 Å². The molecule has 0 spiro atoms. The van der Waals surface area contributed by atoms with Gasteiger partial charge in [0.15, 0.2) is 0 Å². The molecule has 2 atom stereocenters. The van der Waals surface area contributed by atoms with E-state index in [0.29, 0.717) is 30.5 Å². The minimum atomic E-state index is -0.675. The van der Waals surface area contributed by atoms with Crippen LogP contribution in [-0.4, -0.2) is 52.1 Å². The molecule has 0 saturated carbocycles. The fourth-order valence-electron chi connectivity index (χ4n) is 2.69. The third-order valence-electron chi connectivity index (χ3n) is 4.20. The lowest BCUT2D eigenvalue weighted by Crippen LogP contribution is -2.41. The summed E-state index contributed by atoms with van der Waals surface area (Å²) in [7, 11) is 0. The summed E-state index contributed by atoms with van der Waals surface area (Å²) in [5.41, 5.74) is 1.04. The molecule has 0 fully saturated rings. The van der Waals surface area contributed by atoms with Gasteiger partial charge in [0.2, 0.25) is 0 Å². The third kappa shape index (κ3) is 7.15. The Balaban J connectivity index is 1.43. The summed E-state index contributed by atoms with van der Waals surface area (Å²) in [6, 6.07) is 18.7. The van der Waals surface area contributed by atoms with Gasteiger partial charge < -0.3 is 25.0 Å². The van der Waals surface area contributed by atoms with Gasteiger partial charge in [0.25, 0.3) is 0 Å². The Morgan fingerprint density at radius 3 is 2.31 bits per heavy atom. The second kappa shape index (κ2) is 11.1. The van der Waals surface area contributed by atoms with Crippen molar-refractivity contribution in [3.63, 3.8) is 0 Å². The van der Waals surface area contributed by atoms with E-state index in [9.17, 15) is 10.2 Å². The fraction of sp³-hybridized carbons (Fsp3) is 0.273. The molecule has 0 amide bonds. The molecule has 3 aromatic rings. The zero-order valence-corrected chi connectivity index (χ0v) is 16.0. The average Bonchev–Trinajstić information content (AvgIpc) is 2.78. The summed E-state index contributed by atoms with van der Waals surface area (Å²) < 4.78 is 11.1. The van der Waals surface area contributed by atoms with Crippen molar-refractivity contribution in [3.05, 3.63) is 78.6 Å². The van der Waals surface area contributed by atoms with Crippen LogP contribution in [0.25, 0.3) is 0 Å². The molecule has 0 radical (unpaired) electrons. The molecule has 3 N–H and O–H groups in total. The van der Waals surface area contributed by atoms with E-state index in [-0.39, 0.29) is 19.3 Å². The van der Waals surface area contributed by atoms with E-state index in [4.69, 9.17) is 9.47 Å². The van der Waals surface area contributed by atoms with Crippen LogP contribution in [0, 0.1) is 0 Å². The number of aliphatic hydroxyl groups excluding tert-OH is 2. The monoisotopic (exact) mass is 395 g/mol. The van der Waals surface area contributed by atoms with Gasteiger partial charge in [-0.3, -0.25) is 0 Å². The Morgan fingerprint density at radius 1 is 0.897 bits per heavy atom. The second-order valence-corrected chi connectivity index (χ2v) is 6.55. The molecule has 3 rings (SSSR count). The number of hydrogen-bond acceptors (Lipinski definition) is 7. The first kappa shape index (κ1) is 20.7. The first-order chi connectivity index (χ1) is 14.2. The van der Waals surface area contributed by atoms with E-state index in [2.05, 4.69) is 15.3 Å². The average molecular weight is 395 g/mol. The number of nitrogens with zero attached hydrogens (tertiary/aromatic N) is 2. The summed E-state index contributed by atoms with van der Waals surface area (Å²) in [4.78, 5) is 8.05. The Hall–Kier alpha value is -3.00. The van der Waals surface area contributed by atoms with Crippen molar-refractivity contribution < 1.29 is 19.7 Å². The number of nitrogens with one attached hydrogen (secondary N) is 1. The summed E-state index contributed by atoms with van der Waals surface area (Å²) in [5, 5.41) is 22.9. The number of para-hydroxylation sites is 1. The molecule has 0 saturated heterocycles. The normalized spacial score (nSPS) is 12.9. The van der Waals surface area contributed by atoms with E-state index in [1.165, 1.54) is 0 Å². The molecule has 0 aliphatic rings. The van der Waals surface area contributed by atoms with Crippen molar-refractivity contribution in [1.29, 1.82) is 0 Å². The quantitative estimate of drug-likeness (QED) is 0.458. The van der Waals surface area contributed by atoms with Crippen molar-refractivity contribution >= 4 is 0 Å². The number of benzene rings is 2. The maximum Gasteiger partial charge on any atom is 0.321 e. The highest BCUT2D eigenvalue weighted by Crippen LogP contribution is 2.18. The Kier molecular flexibility index (Phi) is 7.94. The Morgan fingerprint density at radius 2 is 1.62 bits per heavy atom. The number of ether oxygens (including phenoxy) is 2. The van der Waals surface area contributed by atoms with Gasteiger partial charge in [-0.2, -0.15) is 0 Å². The maximum absolute atomic E-state index is 10.1. The molecule has 29 heavy (non-hydrogen) atoms. The number of rotatable bonds is 11. The Bertz CT molecular complexity index is 832. The molecule has 7 nitrogen and oxygen atoms in total. The molecular weight excluding hydrogens is 370 g/mol. The second-order valence-electron chi connectivity index (χ2n) is 6.55. The smallest absolute Gasteiger partial charge is 0.321 e. The molecule has 1 heterocycles. The van der Waals surface area contributed by atoms with Gasteiger partial charge in [0, 0.05) is 25.0 Å². The highest BCUT2D eigenvalue weighted by atomic mass is 16.5. The molecule has 0 aliphatic carbocycles. The van der Waals surface area contributed by atoms with Crippen LogP contribution >= 0.6 is 0 Å². The van der Waals surface area contributed by atoms with E-state index < -0.39 is 6.10 Å². The third-order valence-corrected chi connectivity index (χ3v) is 4.20. The van der Waals surface area contributed by atoms with Crippen LogP contribution < -0.4 is 14.8 Å². The highest BCUT2D eigenvalue weighted by molar-refractivity contribution is 5.29. The van der Waals surface area contributed by atoms with Crippen LogP contribution in [0.1, 0.15) is 5.56 Å². The Labute approximate surface area is 170 Å². The summed E-state index contributed by atoms with van der Waals surface area (Å²) >= 11 is 0. The van der Waals surface area contributed by atoms with Crippen LogP contribution in [-0.2, 0) is 6.42 Å². The lowest BCUT2D eigenvalue weighted by atomic mass is 10.1. The number of hydrogen-bond donors (Lipinski definition) is 3. The first-order valence-electron chi connectivity index (χ1n) is 9.47. The van der Waals surface area contributed by atoms with Crippen LogP contribution in [0.2, 0.25) is 0 Å². The van der Waals surface area contributed by atoms with Gasteiger partial charge >= 0.3 is 6.01 Å². The lowest BCUT2D eigenvalue weighted by molar-refractivity contribution is 0.0997. The molecule has 2 aromatic carbocycles. The van der Waals surface area contributed by atoms with Gasteiger partial charge in [-0.05, 0) is 42.3 Å². The lowest BCUT2D eigenvalue weighted by Gasteiger charge is -2.19. The predicted molar refractivity (Wildman–Crippen MR) is 109 cm³/mol. The fourth-order valence-corrected chi connectivity index (χ4v) is 2.69. The standard InChI is InChI=1S/C22H25N3O4/c26-15-18(25-14-19(27)16-28-20-5-2-1-3-6-20)13-17-7-9-21(10-8-17)29-22-23-11-4-12-24-22/h1-12,18-19,25-27H,13-16H2/t18-,19?/m0/s1. The molecule has 152 valence electrons. The largest absolute Gasteiger partial charge is 0.491 e. The predicted octanol–water partition coefficient (Wildman–Crippen LogP) is 2.20. The minimum Gasteiger partial charge on any atom is -0.491 e. The molecular formula is C22H25N3O4. The summed E-state index contributed by atoms with van der Waals surface area (Å²) in [6.07, 6.45) is 3.18. The zero-order chi connectivity index (χ0) is 20.3. The van der Waals surface area contributed by atoms with E-state index in [1.807, 2.05) is 54.6 Å². The molecule has 1 aromatic heterocycles. The van der Waals surface area contributed by atoms with Crippen molar-refractivity contribution in [2.24, 2.45) is 0 Å². The van der Waals surface area contributed by atoms with E-state index >= 15 is 0 Å². The van der Waals surface area contributed by atoms with Crippen molar-refractivity contribution in [1.82, 2.24) is 15.3 Å². The van der Waals surface area contributed by atoms with Gasteiger partial charge in [0.05, 0.1) is 6.61 Å². The van der Waals surface area contributed by atoms with E-state index in [0.717, 1.165) is 5.56 Å². The summed E-state index contributed by atoms with van der Waals surface area (Å²) in [6.45, 7) is 0.468. The van der Waals surface area contributed by atoms with Gasteiger partial charge in [-0.1, -0.05) is 30.3 Å². The first-order valence-corrected chi connectivity index (χ1v) is 9.47. The number of aliphatic hydroxyl groups is 2.